The van der Waals surface area contributed by atoms with Gasteiger partial charge in [0.1, 0.15) is 0 Å². The van der Waals surface area contributed by atoms with Gasteiger partial charge in [-0.25, -0.2) is 0 Å². The molecule has 128 valence electrons. The second-order valence-corrected chi connectivity index (χ2v) is 7.08. The lowest BCUT2D eigenvalue weighted by atomic mass is 9.60. The van der Waals surface area contributed by atoms with Crippen molar-refractivity contribution in [2.24, 2.45) is 5.41 Å². The molecule has 1 unspecified atom stereocenters. The summed E-state index contributed by atoms with van der Waals surface area (Å²) < 4.78 is 0. The normalized spacial score (nSPS) is 15.1. The Hall–Kier alpha value is -0.0400. The minimum absolute atomic E-state index is 0.166. The molecule has 0 aliphatic carbocycles. The summed E-state index contributed by atoms with van der Waals surface area (Å²) in [6.07, 6.45) is 15.5. The van der Waals surface area contributed by atoms with Crippen LogP contribution in [0.2, 0.25) is 0 Å². The fourth-order valence-electron chi connectivity index (χ4n) is 3.90. The maximum atomic E-state index is 11.5. The highest BCUT2D eigenvalue weighted by Crippen LogP contribution is 2.49. The van der Waals surface area contributed by atoms with Crippen molar-refractivity contribution in [1.29, 1.82) is 0 Å². The summed E-state index contributed by atoms with van der Waals surface area (Å²) in [7, 11) is 0. The van der Waals surface area contributed by atoms with Crippen LogP contribution in [0.1, 0.15) is 118 Å². The molecule has 1 atom stereocenters. The average Bonchev–Trinajstić information content (AvgIpc) is 2.52. The van der Waals surface area contributed by atoms with Crippen LogP contribution in [0.3, 0.4) is 0 Å². The van der Waals surface area contributed by atoms with E-state index in [1.54, 1.807) is 0 Å². The molecule has 0 saturated carbocycles. The molecule has 0 saturated heterocycles. The highest BCUT2D eigenvalue weighted by molar-refractivity contribution is 4.98. The Balaban J connectivity index is 5.30. The molecule has 21 heavy (non-hydrogen) atoms. The highest BCUT2D eigenvalue weighted by atomic mass is 16.3. The zero-order valence-corrected chi connectivity index (χ0v) is 15.6. The summed E-state index contributed by atoms with van der Waals surface area (Å²) >= 11 is 0. The zero-order chi connectivity index (χ0) is 16.2. The number of unbranched alkanes of at least 4 members (excludes halogenated alkanes) is 4. The lowest BCUT2D eigenvalue weighted by Gasteiger charge is -2.49. The van der Waals surface area contributed by atoms with Crippen molar-refractivity contribution in [3.63, 3.8) is 0 Å². The van der Waals surface area contributed by atoms with Gasteiger partial charge in [0.25, 0.3) is 0 Å². The third kappa shape index (κ3) is 6.30. The third-order valence-corrected chi connectivity index (χ3v) is 5.54. The molecule has 0 aromatic rings. The maximum Gasteiger partial charge on any atom is 0.0701 e. The summed E-state index contributed by atoms with van der Waals surface area (Å²) in [4.78, 5) is 0. The van der Waals surface area contributed by atoms with E-state index >= 15 is 0 Å². The number of hydrogen-bond acceptors (Lipinski definition) is 1. The fraction of sp³-hybridized carbons (Fsp3) is 1.00. The molecule has 0 aromatic carbocycles. The Bertz CT molecular complexity index is 214. The average molecular weight is 299 g/mol. The van der Waals surface area contributed by atoms with Gasteiger partial charge in [-0.15, -0.1) is 0 Å². The lowest BCUT2D eigenvalue weighted by Crippen LogP contribution is -2.48. The van der Waals surface area contributed by atoms with Crippen LogP contribution in [-0.4, -0.2) is 10.7 Å². The summed E-state index contributed by atoms with van der Waals surface area (Å²) in [6, 6.07) is 0. The molecule has 0 rings (SSSR count). The van der Waals surface area contributed by atoms with Crippen LogP contribution in [0, 0.1) is 5.41 Å². The first-order chi connectivity index (χ1) is 10.1. The Labute approximate surface area is 134 Å². The van der Waals surface area contributed by atoms with Crippen LogP contribution >= 0.6 is 0 Å². The predicted octanol–water partition coefficient (Wildman–Crippen LogP) is 6.87. The monoisotopic (exact) mass is 298 g/mol. The van der Waals surface area contributed by atoms with Crippen molar-refractivity contribution in [3.05, 3.63) is 0 Å². The summed E-state index contributed by atoms with van der Waals surface area (Å²) in [5.74, 6) is 0. The van der Waals surface area contributed by atoms with Crippen molar-refractivity contribution < 1.29 is 5.11 Å². The van der Waals surface area contributed by atoms with Crippen LogP contribution in [0.5, 0.6) is 0 Å². The number of rotatable bonds is 14. The molecule has 1 heteroatoms. The molecule has 0 bridgehead atoms. The molecular formula is C20H42O. The molecule has 0 amide bonds. The molecule has 0 aromatic heterocycles. The van der Waals surface area contributed by atoms with Gasteiger partial charge in [0, 0.05) is 0 Å². The first kappa shape index (κ1) is 21.0. The molecule has 0 spiro atoms. The largest absolute Gasteiger partial charge is 0.389 e. The van der Waals surface area contributed by atoms with E-state index in [2.05, 4.69) is 34.6 Å². The molecule has 1 N–H and O–H groups in total. The van der Waals surface area contributed by atoms with Gasteiger partial charge >= 0.3 is 0 Å². The van der Waals surface area contributed by atoms with E-state index in [0.717, 1.165) is 19.3 Å². The van der Waals surface area contributed by atoms with Gasteiger partial charge in [-0.2, -0.15) is 0 Å². The van der Waals surface area contributed by atoms with Crippen LogP contribution in [0.15, 0.2) is 0 Å². The van der Waals surface area contributed by atoms with Crippen LogP contribution in [0.4, 0.5) is 0 Å². The van der Waals surface area contributed by atoms with E-state index in [-0.39, 0.29) is 5.41 Å². The van der Waals surface area contributed by atoms with Gasteiger partial charge in [0.05, 0.1) is 5.60 Å². The second kappa shape index (κ2) is 11.5. The molecule has 0 heterocycles. The molecular weight excluding hydrogens is 256 g/mol. The van der Waals surface area contributed by atoms with Crippen molar-refractivity contribution in [1.82, 2.24) is 0 Å². The number of hydrogen-bond donors (Lipinski definition) is 1. The Morgan fingerprint density at radius 2 is 0.905 bits per heavy atom. The second-order valence-electron chi connectivity index (χ2n) is 7.08. The van der Waals surface area contributed by atoms with Crippen molar-refractivity contribution in [2.45, 2.75) is 124 Å². The van der Waals surface area contributed by atoms with Crippen LogP contribution in [0.25, 0.3) is 0 Å². The van der Waals surface area contributed by atoms with E-state index in [1.165, 1.54) is 64.2 Å². The van der Waals surface area contributed by atoms with Crippen LogP contribution in [-0.2, 0) is 0 Å². The molecule has 0 aliphatic heterocycles. The molecule has 0 aliphatic rings. The maximum absolute atomic E-state index is 11.5. The van der Waals surface area contributed by atoms with Gasteiger partial charge in [-0.1, -0.05) is 86.0 Å². The van der Waals surface area contributed by atoms with Gasteiger partial charge in [0.15, 0.2) is 0 Å². The SMILES string of the molecule is CCCCC(O)(CC)C(CCCC)(CCCC)CCCC. The van der Waals surface area contributed by atoms with Gasteiger partial charge in [0.2, 0.25) is 0 Å². The van der Waals surface area contributed by atoms with E-state index in [0.29, 0.717) is 0 Å². The Morgan fingerprint density at radius 1 is 0.571 bits per heavy atom. The fourth-order valence-corrected chi connectivity index (χ4v) is 3.90. The van der Waals surface area contributed by atoms with E-state index < -0.39 is 5.60 Å². The van der Waals surface area contributed by atoms with E-state index in [9.17, 15) is 5.11 Å². The van der Waals surface area contributed by atoms with Gasteiger partial charge in [-0.05, 0) is 37.5 Å². The third-order valence-electron chi connectivity index (χ3n) is 5.54. The summed E-state index contributed by atoms with van der Waals surface area (Å²) in [5, 5.41) is 11.5. The minimum Gasteiger partial charge on any atom is -0.389 e. The number of aliphatic hydroxyl groups is 1. The highest BCUT2D eigenvalue weighted by Gasteiger charge is 2.46. The molecule has 1 nitrogen and oxygen atoms in total. The quantitative estimate of drug-likeness (QED) is 0.371. The van der Waals surface area contributed by atoms with Crippen molar-refractivity contribution in [2.75, 3.05) is 0 Å². The Morgan fingerprint density at radius 3 is 1.19 bits per heavy atom. The van der Waals surface area contributed by atoms with Crippen molar-refractivity contribution >= 4 is 0 Å². The summed E-state index contributed by atoms with van der Waals surface area (Å²) in [5.41, 5.74) is -0.276. The van der Waals surface area contributed by atoms with Gasteiger partial charge in [-0.3, -0.25) is 0 Å². The molecule has 0 radical (unpaired) electrons. The topological polar surface area (TPSA) is 20.2 Å². The summed E-state index contributed by atoms with van der Waals surface area (Å²) in [6.45, 7) is 11.3. The van der Waals surface area contributed by atoms with E-state index in [4.69, 9.17) is 0 Å². The first-order valence-corrected chi connectivity index (χ1v) is 9.78. The zero-order valence-electron chi connectivity index (χ0n) is 15.6. The smallest absolute Gasteiger partial charge is 0.0701 e. The lowest BCUT2D eigenvalue weighted by molar-refractivity contribution is -0.112. The van der Waals surface area contributed by atoms with Gasteiger partial charge < -0.3 is 5.11 Å². The predicted molar refractivity (Wildman–Crippen MR) is 95.8 cm³/mol. The standard InChI is InChI=1S/C20H42O/c1-6-11-15-19(16-12-7-2,17-13-8-3)20(21,10-5)18-14-9-4/h21H,6-18H2,1-5H3. The Kier molecular flexibility index (Phi) is 11.5. The molecule has 0 fully saturated rings. The minimum atomic E-state index is -0.442. The first-order valence-electron chi connectivity index (χ1n) is 9.78. The van der Waals surface area contributed by atoms with Crippen LogP contribution < -0.4 is 0 Å². The van der Waals surface area contributed by atoms with E-state index in [1.807, 2.05) is 0 Å². The van der Waals surface area contributed by atoms with Crippen molar-refractivity contribution in [3.8, 4) is 0 Å².